The number of amides is 1. The number of rotatable bonds is 5. The van der Waals surface area contributed by atoms with Gasteiger partial charge in [-0.1, -0.05) is 12.1 Å². The number of thiophene rings is 1. The first-order chi connectivity index (χ1) is 14.6. The normalized spacial score (nSPS) is 20.6. The summed E-state index contributed by atoms with van der Waals surface area (Å²) in [4.78, 5) is 21.0. The molecule has 0 radical (unpaired) electrons. The van der Waals surface area contributed by atoms with Crippen molar-refractivity contribution in [3.63, 3.8) is 0 Å². The van der Waals surface area contributed by atoms with Crippen LogP contribution < -0.4 is 21.3 Å². The molecule has 0 bridgehead atoms. The van der Waals surface area contributed by atoms with E-state index >= 15 is 0 Å². The number of nitrogens with zero attached hydrogens (tertiary/aromatic N) is 2. The molecule has 1 aromatic carbocycles. The van der Waals surface area contributed by atoms with Crippen molar-refractivity contribution in [1.29, 1.82) is 0 Å². The predicted molar refractivity (Wildman–Crippen MR) is 123 cm³/mol. The second-order valence-electron chi connectivity index (χ2n) is 8.22. The monoisotopic (exact) mass is 421 g/mol. The maximum Gasteiger partial charge on any atom is 0.263 e. The molecule has 6 nitrogen and oxygen atoms in total. The molecule has 30 heavy (non-hydrogen) atoms. The summed E-state index contributed by atoms with van der Waals surface area (Å²) in [7, 11) is 0. The van der Waals surface area contributed by atoms with Gasteiger partial charge in [0.25, 0.3) is 5.91 Å². The summed E-state index contributed by atoms with van der Waals surface area (Å²) in [6.07, 6.45) is 3.25. The molecule has 0 saturated carbocycles. The Hall–Kier alpha value is -2.64. The third kappa shape index (κ3) is 3.52. The lowest BCUT2D eigenvalue weighted by molar-refractivity contribution is 0.0959. The molecule has 0 spiro atoms. The van der Waals surface area contributed by atoms with Gasteiger partial charge < -0.3 is 21.3 Å². The minimum Gasteiger partial charge on any atom is -0.397 e. The van der Waals surface area contributed by atoms with Gasteiger partial charge in [-0.15, -0.1) is 11.3 Å². The van der Waals surface area contributed by atoms with Crippen molar-refractivity contribution in [1.82, 2.24) is 15.6 Å². The number of aromatic nitrogens is 1. The Morgan fingerprint density at radius 2 is 2.10 bits per heavy atom. The fraction of sp³-hybridized carbons (Fsp3) is 0.391. The van der Waals surface area contributed by atoms with Crippen LogP contribution in [0.4, 0.5) is 11.4 Å². The number of pyridine rings is 1. The zero-order valence-electron chi connectivity index (χ0n) is 17.1. The van der Waals surface area contributed by atoms with E-state index in [2.05, 4.69) is 44.8 Å². The summed E-state index contributed by atoms with van der Waals surface area (Å²) >= 11 is 1.36. The summed E-state index contributed by atoms with van der Waals surface area (Å²) in [5, 5.41) is 7.47. The van der Waals surface area contributed by atoms with E-state index < -0.39 is 0 Å². The molecule has 2 aliphatic heterocycles. The van der Waals surface area contributed by atoms with Crippen molar-refractivity contribution < 1.29 is 4.79 Å². The summed E-state index contributed by atoms with van der Waals surface area (Å²) in [5.74, 6) is -0.124. The average molecular weight is 422 g/mol. The van der Waals surface area contributed by atoms with Gasteiger partial charge in [0.1, 0.15) is 9.71 Å². The second kappa shape index (κ2) is 7.89. The maximum atomic E-state index is 12.6. The number of carbonyl (C=O) groups excluding carboxylic acids is 1. The molecular formula is C23H27N5OS. The highest BCUT2D eigenvalue weighted by atomic mass is 32.1. The number of benzene rings is 1. The van der Waals surface area contributed by atoms with Gasteiger partial charge in [-0.3, -0.25) is 4.79 Å². The molecular weight excluding hydrogens is 394 g/mol. The van der Waals surface area contributed by atoms with E-state index in [0.717, 1.165) is 35.4 Å². The SMILES string of the molecule is Cc1ccc2c(N)c(C(=O)NCCc3ccc(N4CC[C@@H]5NCC[C@@H]54)cc3)sc2n1. The van der Waals surface area contributed by atoms with Gasteiger partial charge in [-0.05, 0) is 62.6 Å². The Morgan fingerprint density at radius 1 is 1.27 bits per heavy atom. The lowest BCUT2D eigenvalue weighted by Crippen LogP contribution is -2.34. The highest BCUT2D eigenvalue weighted by Crippen LogP contribution is 2.33. The van der Waals surface area contributed by atoms with Crippen molar-refractivity contribution in [2.24, 2.45) is 0 Å². The van der Waals surface area contributed by atoms with E-state index in [1.54, 1.807) is 0 Å². The number of hydrogen-bond donors (Lipinski definition) is 3. The number of nitrogens with two attached hydrogens (primary N) is 1. The van der Waals surface area contributed by atoms with Crippen LogP contribution in [0.3, 0.4) is 0 Å². The molecule has 0 aliphatic carbocycles. The topological polar surface area (TPSA) is 83.3 Å². The predicted octanol–water partition coefficient (Wildman–Crippen LogP) is 3.10. The van der Waals surface area contributed by atoms with Gasteiger partial charge in [0.15, 0.2) is 0 Å². The molecule has 156 valence electrons. The van der Waals surface area contributed by atoms with Crippen LogP contribution in [0.25, 0.3) is 10.2 Å². The Morgan fingerprint density at radius 3 is 2.93 bits per heavy atom. The van der Waals surface area contributed by atoms with Crippen LogP contribution in [0.1, 0.15) is 33.8 Å². The summed E-state index contributed by atoms with van der Waals surface area (Å²) in [6, 6.07) is 13.9. The van der Waals surface area contributed by atoms with Crippen LogP contribution in [0, 0.1) is 6.92 Å². The molecule has 2 aliphatic rings. The fourth-order valence-corrected chi connectivity index (χ4v) is 5.75. The molecule has 3 aromatic rings. The van der Waals surface area contributed by atoms with Gasteiger partial charge in [0.05, 0.1) is 5.69 Å². The van der Waals surface area contributed by atoms with E-state index in [9.17, 15) is 4.79 Å². The van der Waals surface area contributed by atoms with Crippen LogP contribution in [0.5, 0.6) is 0 Å². The van der Waals surface area contributed by atoms with Gasteiger partial charge in [0, 0.05) is 41.9 Å². The quantitative estimate of drug-likeness (QED) is 0.590. The highest BCUT2D eigenvalue weighted by Gasteiger charge is 2.37. The first kappa shape index (κ1) is 19.3. The van der Waals surface area contributed by atoms with Gasteiger partial charge in [-0.25, -0.2) is 4.98 Å². The van der Waals surface area contributed by atoms with Crippen molar-refractivity contribution in [2.45, 2.75) is 38.3 Å². The molecule has 4 N–H and O–H groups in total. The first-order valence-electron chi connectivity index (χ1n) is 10.6. The fourth-order valence-electron chi connectivity index (χ4n) is 4.70. The van der Waals surface area contributed by atoms with E-state index in [-0.39, 0.29) is 5.91 Å². The molecule has 2 aromatic heterocycles. The molecule has 5 rings (SSSR count). The summed E-state index contributed by atoms with van der Waals surface area (Å²) in [6.45, 7) is 4.77. The van der Waals surface area contributed by atoms with E-state index in [4.69, 9.17) is 5.73 Å². The molecule has 2 saturated heterocycles. The van der Waals surface area contributed by atoms with Gasteiger partial charge >= 0.3 is 0 Å². The van der Waals surface area contributed by atoms with Crippen LogP contribution >= 0.6 is 11.3 Å². The lowest BCUT2D eigenvalue weighted by atomic mass is 10.1. The van der Waals surface area contributed by atoms with Crippen molar-refractivity contribution in [3.05, 3.63) is 52.5 Å². The van der Waals surface area contributed by atoms with Crippen LogP contribution in [-0.4, -0.2) is 42.6 Å². The minimum absolute atomic E-state index is 0.124. The average Bonchev–Trinajstić information content (AvgIpc) is 3.43. The van der Waals surface area contributed by atoms with Crippen LogP contribution in [-0.2, 0) is 6.42 Å². The Bertz CT molecular complexity index is 1080. The first-order valence-corrected chi connectivity index (χ1v) is 11.4. The third-order valence-corrected chi connectivity index (χ3v) is 7.41. The highest BCUT2D eigenvalue weighted by molar-refractivity contribution is 7.21. The zero-order chi connectivity index (χ0) is 20.7. The third-order valence-electron chi connectivity index (χ3n) is 6.30. The molecule has 7 heteroatoms. The largest absolute Gasteiger partial charge is 0.397 e. The molecule has 0 unspecified atom stereocenters. The Labute approximate surface area is 180 Å². The summed E-state index contributed by atoms with van der Waals surface area (Å²) in [5.41, 5.74) is 10.2. The maximum absolute atomic E-state index is 12.6. The van der Waals surface area contributed by atoms with Gasteiger partial charge in [0.2, 0.25) is 0 Å². The smallest absolute Gasteiger partial charge is 0.263 e. The standard InChI is InChI=1S/C23H27N5OS/c1-14-2-7-17-20(24)21(30-23(17)27-14)22(29)26-11-8-15-3-5-16(6-4-15)28-13-10-18-19(28)9-12-25-18/h2-7,18-19,25H,8-13,24H2,1H3,(H,26,29)/t18-,19-/m0/s1. The zero-order valence-corrected chi connectivity index (χ0v) is 18.0. The molecule has 2 atom stereocenters. The summed E-state index contributed by atoms with van der Waals surface area (Å²) < 4.78 is 0. The number of aryl methyl sites for hydroxylation is 1. The number of anilines is 2. The molecule has 4 heterocycles. The lowest BCUT2D eigenvalue weighted by Gasteiger charge is -2.25. The van der Waals surface area contributed by atoms with Crippen LogP contribution in [0.2, 0.25) is 0 Å². The van der Waals surface area contributed by atoms with Crippen molar-refractivity contribution in [3.8, 4) is 0 Å². The Balaban J connectivity index is 1.19. The number of carbonyl (C=O) groups is 1. The Kier molecular flexibility index (Phi) is 5.08. The van der Waals surface area contributed by atoms with Crippen molar-refractivity contribution in [2.75, 3.05) is 30.3 Å². The minimum atomic E-state index is -0.124. The van der Waals surface area contributed by atoms with Crippen molar-refractivity contribution >= 4 is 38.8 Å². The van der Waals surface area contributed by atoms with Crippen LogP contribution in [0.15, 0.2) is 36.4 Å². The van der Waals surface area contributed by atoms with Gasteiger partial charge in [-0.2, -0.15) is 0 Å². The van der Waals surface area contributed by atoms with E-state index in [0.29, 0.717) is 29.2 Å². The second-order valence-corrected chi connectivity index (χ2v) is 9.22. The number of nitrogens with one attached hydrogen (secondary N) is 2. The van der Waals surface area contributed by atoms with E-state index in [1.165, 1.54) is 35.4 Å². The van der Waals surface area contributed by atoms with E-state index in [1.807, 2.05) is 19.1 Å². The molecule has 1 amide bonds. The number of hydrogen-bond acceptors (Lipinski definition) is 6. The number of fused-ring (bicyclic) bond motifs is 2. The number of nitrogen functional groups attached to an aromatic ring is 1. The molecule has 2 fully saturated rings.